The van der Waals surface area contributed by atoms with Crippen molar-refractivity contribution >= 4 is 5.97 Å². The summed E-state index contributed by atoms with van der Waals surface area (Å²) in [5.74, 6) is -1.00. The number of carboxylic acids is 1. The van der Waals surface area contributed by atoms with Gasteiger partial charge in [-0.15, -0.1) is 0 Å². The monoisotopic (exact) mass is 922 g/mol. The van der Waals surface area contributed by atoms with Gasteiger partial charge in [-0.3, -0.25) is 9.69 Å². The molecule has 0 amide bonds. The highest BCUT2D eigenvalue weighted by molar-refractivity contribution is 5.79. The van der Waals surface area contributed by atoms with Crippen LogP contribution in [0, 0.1) is 0 Å². The normalized spacial score (nSPS) is 26.5. The minimum atomic E-state index is -1.26. The fraction of sp³-hybridized carbons (Fsp3) is 0.978. The number of aliphatic hydroxyl groups is 3. The molecular weight excluding hydrogens is 823 g/mol. The number of hydrogen-bond donors (Lipinski definition) is 11. The minimum absolute atomic E-state index is 0.0974. The van der Waals surface area contributed by atoms with E-state index in [-0.39, 0.29) is 71.9 Å². The van der Waals surface area contributed by atoms with Gasteiger partial charge in [0.25, 0.3) is 0 Å². The lowest BCUT2D eigenvalue weighted by Gasteiger charge is -2.53. The van der Waals surface area contributed by atoms with Crippen LogP contribution < -0.4 is 16.8 Å². The first-order valence-corrected chi connectivity index (χ1v) is 23.5. The van der Waals surface area contributed by atoms with Gasteiger partial charge >= 0.3 is 5.97 Å². The first-order chi connectivity index (χ1) is 28.8. The summed E-state index contributed by atoms with van der Waals surface area (Å²) in [6.07, 6.45) is 5.86. The average molecular weight is 922 g/mol. The summed E-state index contributed by atoms with van der Waals surface area (Å²) in [7, 11) is 2.04. The second kappa shape index (κ2) is 23.0. The fourth-order valence-electron chi connectivity index (χ4n) is 11.5. The predicted octanol–water partition coefficient (Wildman–Crippen LogP) is 3.76. The Bertz CT molecular complexity index is 1350. The van der Waals surface area contributed by atoms with E-state index in [9.17, 15) is 25.6 Å². The van der Waals surface area contributed by atoms with E-state index < -0.39 is 22.6 Å². The molecule has 64 heavy (non-hydrogen) atoms. The van der Waals surface area contributed by atoms with Crippen LogP contribution in [0.5, 0.6) is 0 Å². The Morgan fingerprint density at radius 1 is 0.547 bits per heavy atom. The van der Waals surface area contributed by atoms with Crippen molar-refractivity contribution in [3.8, 4) is 0 Å². The number of carboxylic acid groups (broad SMARTS) is 1. The first kappa shape index (κ1) is 60.8. The van der Waals surface area contributed by atoms with Crippen LogP contribution in [-0.2, 0) is 4.79 Å². The third-order valence-electron chi connectivity index (χ3n) is 13.9. The maximum absolute atomic E-state index is 11.1. The predicted molar refractivity (Wildman–Crippen MR) is 253 cm³/mol. The molecule has 18 nitrogen and oxygen atoms in total. The molecule has 0 saturated carbocycles. The molecule has 0 spiro atoms. The van der Waals surface area contributed by atoms with Crippen LogP contribution in [0.2, 0.25) is 0 Å². The van der Waals surface area contributed by atoms with E-state index in [2.05, 4.69) is 70.5 Å². The average Bonchev–Trinajstić information content (AvgIpc) is 3.13. The van der Waals surface area contributed by atoms with Crippen molar-refractivity contribution in [2.45, 2.75) is 230 Å². The molecule has 13 N–H and O–H groups in total. The summed E-state index contributed by atoms with van der Waals surface area (Å²) < 4.78 is 0. The molecule has 0 aliphatic carbocycles. The smallest absolute Gasteiger partial charge is 0.323 e. The Balaban J connectivity index is 0.000000428. The van der Waals surface area contributed by atoms with Gasteiger partial charge in [-0.25, -0.2) is 0 Å². The lowest BCUT2D eigenvalue weighted by Crippen LogP contribution is -2.69. The number of nitrogens with one attached hydrogen (secondary N) is 1. The molecule has 0 radical (unpaired) electrons. The van der Waals surface area contributed by atoms with Gasteiger partial charge < -0.3 is 62.9 Å². The second-order valence-corrected chi connectivity index (χ2v) is 24.2. The number of hydroxylamine groups is 8. The van der Waals surface area contributed by atoms with Crippen molar-refractivity contribution in [1.29, 1.82) is 0 Å². The van der Waals surface area contributed by atoms with Crippen LogP contribution in [0.15, 0.2) is 0 Å². The van der Waals surface area contributed by atoms with Crippen LogP contribution in [0.3, 0.4) is 0 Å². The molecular formula is C46H99N9O9. The molecule has 4 aliphatic rings. The van der Waals surface area contributed by atoms with Gasteiger partial charge in [0.2, 0.25) is 0 Å². The molecule has 0 aromatic rings. The van der Waals surface area contributed by atoms with E-state index in [1.807, 2.05) is 34.7 Å². The highest BCUT2D eigenvalue weighted by Crippen LogP contribution is 2.42. The minimum Gasteiger partial charge on any atom is -0.480 e. The van der Waals surface area contributed by atoms with E-state index in [1.54, 1.807) is 27.7 Å². The Morgan fingerprint density at radius 2 is 0.844 bits per heavy atom. The van der Waals surface area contributed by atoms with Crippen LogP contribution >= 0.6 is 0 Å². The van der Waals surface area contributed by atoms with E-state index in [0.29, 0.717) is 38.3 Å². The largest absolute Gasteiger partial charge is 0.480 e. The van der Waals surface area contributed by atoms with E-state index >= 15 is 0 Å². The van der Waals surface area contributed by atoms with Gasteiger partial charge in [-0.2, -0.15) is 20.3 Å². The molecule has 4 saturated heterocycles. The highest BCUT2D eigenvalue weighted by atomic mass is 16.5. The topological polar surface area (TPSA) is 262 Å². The molecule has 0 aromatic heterocycles. The number of carbonyl (C=O) groups is 1. The molecule has 18 heteroatoms. The number of rotatable bonds is 12. The number of nitrogens with two attached hydrogens (primary N) is 2. The van der Waals surface area contributed by atoms with Crippen LogP contribution in [-0.4, -0.2) is 205 Å². The van der Waals surface area contributed by atoms with Crippen molar-refractivity contribution < 1.29 is 46.0 Å². The Labute approximate surface area is 387 Å². The first-order valence-electron chi connectivity index (χ1n) is 23.5. The lowest BCUT2D eigenvalue weighted by molar-refractivity contribution is -0.253. The Hall–Kier alpha value is -1.17. The van der Waals surface area contributed by atoms with Gasteiger partial charge in [0.05, 0.1) is 19.8 Å². The quantitative estimate of drug-likeness (QED) is 0.133. The summed E-state index contributed by atoms with van der Waals surface area (Å²) in [5, 5.41) is 85.9. The Kier molecular flexibility index (Phi) is 21.8. The molecule has 4 rings (SSSR count). The van der Waals surface area contributed by atoms with E-state index in [4.69, 9.17) is 31.9 Å². The zero-order valence-corrected chi connectivity index (χ0v) is 43.4. The third-order valence-corrected chi connectivity index (χ3v) is 13.9. The standard InChI is InChI=1S/C13H28N2O3.C12H26N2O2.C11H25N3O.C10H20N2O3/c1-12(2)9-11(10-13(3,4)15(12)18)14(5-7-16)6-8-17;1-11(2)8-10(13(5)6-7-15)9-12(3,4)14(11)16;1-10(2)7-9(13-6-5-12)8-11(3,4)14(10)15;1-8(2)5-10(11,7(13)14)6-9(3,4)12(8)15/h11,16-18H,5-10H2,1-4H3;10,15-16H,6-9H2,1-5H3;9,13,15H,5-8,12H2,1-4H3;15H,5-6,11H2,1-4H3,(H,13,14). The van der Waals surface area contributed by atoms with Gasteiger partial charge in [-0.05, 0) is 169 Å². The number of nitrogens with zero attached hydrogens (tertiary/aromatic N) is 6. The summed E-state index contributed by atoms with van der Waals surface area (Å²) in [4.78, 5) is 15.4. The lowest BCUT2D eigenvalue weighted by atomic mass is 9.71. The maximum Gasteiger partial charge on any atom is 0.323 e. The fourth-order valence-corrected chi connectivity index (χ4v) is 11.5. The molecule has 382 valence electrons. The van der Waals surface area contributed by atoms with Crippen LogP contribution in [0.4, 0.5) is 0 Å². The zero-order valence-electron chi connectivity index (χ0n) is 43.4. The second-order valence-electron chi connectivity index (χ2n) is 24.2. The number of likely N-dealkylation sites (N-methyl/N-ethyl adjacent to an activating group) is 1. The molecule has 0 aromatic carbocycles. The van der Waals surface area contributed by atoms with Crippen molar-refractivity contribution in [3.05, 3.63) is 0 Å². The number of hydrogen-bond acceptors (Lipinski definition) is 17. The summed E-state index contributed by atoms with van der Waals surface area (Å²) in [6.45, 7) is 35.6. The molecule has 0 unspecified atom stereocenters. The SMILES string of the molecule is CC1(C)CC(N(CCO)CCO)CC(C)(C)N1O.CC1(C)CC(N)(C(=O)O)CC(C)(C)N1O.CC1(C)CC(NCCN)CC(C)(C)N1O.CN(CCO)C1CC(C)(C)N(O)C(C)(C)C1. The molecule has 0 atom stereocenters. The molecule has 4 heterocycles. The van der Waals surface area contributed by atoms with E-state index in [0.717, 1.165) is 45.1 Å². The van der Waals surface area contributed by atoms with Crippen molar-refractivity contribution in [2.24, 2.45) is 11.5 Å². The zero-order chi connectivity index (χ0) is 50.3. The van der Waals surface area contributed by atoms with Crippen LogP contribution in [0.1, 0.15) is 162 Å². The summed E-state index contributed by atoms with van der Waals surface area (Å²) >= 11 is 0. The summed E-state index contributed by atoms with van der Waals surface area (Å²) in [6, 6.07) is 1.14. The van der Waals surface area contributed by atoms with Gasteiger partial charge in [-0.1, -0.05) is 0 Å². The van der Waals surface area contributed by atoms with Gasteiger partial charge in [0.15, 0.2) is 0 Å². The van der Waals surface area contributed by atoms with Crippen molar-refractivity contribution in [3.63, 3.8) is 0 Å². The van der Waals surface area contributed by atoms with Gasteiger partial charge in [0, 0.05) is 95.2 Å². The van der Waals surface area contributed by atoms with Crippen molar-refractivity contribution in [2.75, 3.05) is 59.6 Å². The third kappa shape index (κ3) is 16.2. The highest BCUT2D eigenvalue weighted by Gasteiger charge is 2.54. The number of aliphatic hydroxyl groups excluding tert-OH is 3. The molecule has 0 bridgehead atoms. The van der Waals surface area contributed by atoms with E-state index in [1.165, 1.54) is 20.3 Å². The maximum atomic E-state index is 11.1. The van der Waals surface area contributed by atoms with Crippen molar-refractivity contribution in [1.82, 2.24) is 35.4 Å². The van der Waals surface area contributed by atoms with Crippen LogP contribution in [0.25, 0.3) is 0 Å². The Morgan fingerprint density at radius 3 is 1.14 bits per heavy atom. The number of aliphatic carboxylic acids is 1. The van der Waals surface area contributed by atoms with Gasteiger partial charge in [0.1, 0.15) is 5.54 Å². The molecule has 4 aliphatic heterocycles. The number of piperidine rings is 4. The summed E-state index contributed by atoms with van der Waals surface area (Å²) in [5.41, 5.74) is 7.48. The molecule has 4 fully saturated rings.